The van der Waals surface area contributed by atoms with Crippen LogP contribution in [0.3, 0.4) is 0 Å². The second-order valence-corrected chi connectivity index (χ2v) is 6.72. The average Bonchev–Trinajstić information content (AvgIpc) is 2.61. The fourth-order valence-electron chi connectivity index (χ4n) is 2.37. The Balaban J connectivity index is 2.16. The van der Waals surface area contributed by atoms with Gasteiger partial charge in [0.15, 0.2) is 0 Å². The molecule has 1 aliphatic rings. The van der Waals surface area contributed by atoms with Crippen molar-refractivity contribution in [2.75, 3.05) is 13.1 Å². The second-order valence-electron chi connectivity index (χ2n) is 5.80. The molecule has 2 unspecified atom stereocenters. The lowest BCUT2D eigenvalue weighted by atomic mass is 9.96. The first-order valence-electron chi connectivity index (χ1n) is 6.06. The number of hydrogen-bond acceptors (Lipinski definition) is 2. The first-order chi connectivity index (χ1) is 7.88. The number of nitrogens with zero attached hydrogens (tertiary/aromatic N) is 1. The van der Waals surface area contributed by atoms with Gasteiger partial charge in [0.25, 0.3) is 0 Å². The van der Waals surface area contributed by atoms with Crippen molar-refractivity contribution in [3.05, 3.63) is 34.3 Å². The number of aliphatic hydroxyl groups excluding tert-OH is 1. The lowest BCUT2D eigenvalue weighted by Gasteiger charge is -2.31. The molecule has 2 nitrogen and oxygen atoms in total. The molecule has 1 N–H and O–H groups in total. The summed E-state index contributed by atoms with van der Waals surface area (Å²) in [6.07, 6.45) is -0.254. The second kappa shape index (κ2) is 4.71. The highest BCUT2D eigenvalue weighted by atomic mass is 79.9. The van der Waals surface area contributed by atoms with Crippen molar-refractivity contribution in [1.82, 2.24) is 4.90 Å². The summed E-state index contributed by atoms with van der Waals surface area (Å²) in [5, 5.41) is 10.2. The lowest BCUT2D eigenvalue weighted by Crippen LogP contribution is -2.40. The number of likely N-dealkylation sites (tertiary alicyclic amines) is 1. The van der Waals surface area contributed by atoms with Crippen LogP contribution in [0, 0.1) is 0 Å². The summed E-state index contributed by atoms with van der Waals surface area (Å²) in [5.41, 5.74) is 1.36. The molecule has 0 aliphatic carbocycles. The maximum atomic E-state index is 10.2. The standard InChI is InChI=1S/C14H20BrNO/c1-14(2,3)16-8-12(13(17)9-16)10-4-6-11(15)7-5-10/h4-7,12-13,17H,8-9H2,1-3H3. The van der Waals surface area contributed by atoms with E-state index >= 15 is 0 Å². The Morgan fingerprint density at radius 2 is 1.76 bits per heavy atom. The Labute approximate surface area is 112 Å². The van der Waals surface area contributed by atoms with Crippen molar-refractivity contribution in [2.45, 2.75) is 38.3 Å². The SMILES string of the molecule is CC(C)(C)N1CC(O)C(c2ccc(Br)cc2)C1. The molecule has 1 aromatic rings. The van der Waals surface area contributed by atoms with Crippen LogP contribution in [0.15, 0.2) is 28.7 Å². The number of hydrogen-bond donors (Lipinski definition) is 1. The summed E-state index contributed by atoms with van der Waals surface area (Å²) < 4.78 is 1.08. The van der Waals surface area contributed by atoms with Gasteiger partial charge < -0.3 is 5.11 Å². The summed E-state index contributed by atoms with van der Waals surface area (Å²) in [4.78, 5) is 2.35. The van der Waals surface area contributed by atoms with Crippen LogP contribution in [0.5, 0.6) is 0 Å². The molecule has 2 atom stereocenters. The van der Waals surface area contributed by atoms with Crippen LogP contribution >= 0.6 is 15.9 Å². The monoisotopic (exact) mass is 297 g/mol. The lowest BCUT2D eigenvalue weighted by molar-refractivity contribution is 0.127. The van der Waals surface area contributed by atoms with E-state index in [2.05, 4.69) is 53.7 Å². The molecule has 0 saturated carbocycles. The van der Waals surface area contributed by atoms with E-state index in [9.17, 15) is 5.11 Å². The Hall–Kier alpha value is -0.380. The molecule has 1 heterocycles. The molecule has 0 spiro atoms. The summed E-state index contributed by atoms with van der Waals surface area (Å²) in [7, 11) is 0. The van der Waals surface area contributed by atoms with E-state index in [4.69, 9.17) is 0 Å². The molecule has 3 heteroatoms. The van der Waals surface area contributed by atoms with E-state index in [1.54, 1.807) is 0 Å². The van der Waals surface area contributed by atoms with E-state index in [0.29, 0.717) is 0 Å². The third-order valence-electron chi connectivity index (χ3n) is 3.54. The Morgan fingerprint density at radius 3 is 2.24 bits per heavy atom. The van der Waals surface area contributed by atoms with E-state index in [-0.39, 0.29) is 17.6 Å². The number of β-amino-alcohol motifs (C(OH)–C–C–N with tert-alkyl or cyclic N) is 1. The molecular weight excluding hydrogens is 278 g/mol. The summed E-state index contributed by atoms with van der Waals surface area (Å²) in [6.45, 7) is 8.30. The highest BCUT2D eigenvalue weighted by Crippen LogP contribution is 2.32. The minimum absolute atomic E-state index is 0.130. The minimum Gasteiger partial charge on any atom is -0.391 e. The first kappa shape index (κ1) is 13.1. The van der Waals surface area contributed by atoms with E-state index < -0.39 is 0 Å². The van der Waals surface area contributed by atoms with Gasteiger partial charge >= 0.3 is 0 Å². The van der Waals surface area contributed by atoms with Gasteiger partial charge in [-0.05, 0) is 38.5 Å². The van der Waals surface area contributed by atoms with Crippen LogP contribution in [-0.2, 0) is 0 Å². The van der Waals surface area contributed by atoms with Crippen LogP contribution in [-0.4, -0.2) is 34.7 Å². The highest BCUT2D eigenvalue weighted by molar-refractivity contribution is 9.10. The molecule has 0 amide bonds. The maximum Gasteiger partial charge on any atom is 0.0748 e. The molecule has 1 saturated heterocycles. The summed E-state index contributed by atoms with van der Waals surface area (Å²) in [6, 6.07) is 8.29. The Bertz CT molecular complexity index is 382. The normalized spacial score (nSPS) is 26.4. The number of halogens is 1. The van der Waals surface area contributed by atoms with Gasteiger partial charge in [-0.1, -0.05) is 28.1 Å². The third kappa shape index (κ3) is 2.90. The molecule has 0 aromatic heterocycles. The predicted octanol–water partition coefficient (Wildman–Crippen LogP) is 3.01. The summed E-state index contributed by atoms with van der Waals surface area (Å²) >= 11 is 3.44. The van der Waals surface area contributed by atoms with Gasteiger partial charge in [0.2, 0.25) is 0 Å². The topological polar surface area (TPSA) is 23.5 Å². The van der Waals surface area contributed by atoms with Crippen LogP contribution in [0.1, 0.15) is 32.3 Å². The molecule has 1 aromatic carbocycles. The fourth-order valence-corrected chi connectivity index (χ4v) is 2.64. The molecule has 2 rings (SSSR count). The van der Waals surface area contributed by atoms with Crippen molar-refractivity contribution >= 4 is 15.9 Å². The zero-order chi connectivity index (χ0) is 12.6. The minimum atomic E-state index is -0.254. The maximum absolute atomic E-state index is 10.2. The van der Waals surface area contributed by atoms with Crippen molar-refractivity contribution in [3.63, 3.8) is 0 Å². The average molecular weight is 298 g/mol. The molecule has 1 fully saturated rings. The van der Waals surface area contributed by atoms with Gasteiger partial charge in [-0.3, -0.25) is 4.90 Å². The smallest absolute Gasteiger partial charge is 0.0748 e. The van der Waals surface area contributed by atoms with Crippen LogP contribution in [0.25, 0.3) is 0 Å². The van der Waals surface area contributed by atoms with Crippen LogP contribution in [0.2, 0.25) is 0 Å². The van der Waals surface area contributed by atoms with Crippen LogP contribution < -0.4 is 0 Å². The van der Waals surface area contributed by atoms with Crippen molar-refractivity contribution in [3.8, 4) is 0 Å². The van der Waals surface area contributed by atoms with Gasteiger partial charge in [-0.25, -0.2) is 0 Å². The molecule has 1 aliphatic heterocycles. The van der Waals surface area contributed by atoms with E-state index in [1.165, 1.54) is 5.56 Å². The largest absolute Gasteiger partial charge is 0.391 e. The zero-order valence-electron chi connectivity index (χ0n) is 10.7. The molecule has 0 bridgehead atoms. The number of benzene rings is 1. The Kier molecular flexibility index (Phi) is 3.62. The van der Waals surface area contributed by atoms with Crippen molar-refractivity contribution in [2.24, 2.45) is 0 Å². The third-order valence-corrected chi connectivity index (χ3v) is 4.06. The molecule has 0 radical (unpaired) electrons. The van der Waals surface area contributed by atoms with Gasteiger partial charge in [0.1, 0.15) is 0 Å². The van der Waals surface area contributed by atoms with Crippen molar-refractivity contribution in [1.29, 1.82) is 0 Å². The van der Waals surface area contributed by atoms with Gasteiger partial charge in [0.05, 0.1) is 6.10 Å². The quantitative estimate of drug-likeness (QED) is 0.861. The zero-order valence-corrected chi connectivity index (χ0v) is 12.2. The number of rotatable bonds is 1. The highest BCUT2D eigenvalue weighted by Gasteiger charge is 2.37. The molecular formula is C14H20BrNO. The first-order valence-corrected chi connectivity index (χ1v) is 6.86. The van der Waals surface area contributed by atoms with Gasteiger partial charge in [-0.15, -0.1) is 0 Å². The van der Waals surface area contributed by atoms with E-state index in [1.807, 2.05) is 12.1 Å². The van der Waals surface area contributed by atoms with E-state index in [0.717, 1.165) is 17.6 Å². The number of aliphatic hydroxyl groups is 1. The fraction of sp³-hybridized carbons (Fsp3) is 0.571. The van der Waals surface area contributed by atoms with Gasteiger partial charge in [0, 0.05) is 29.0 Å². The van der Waals surface area contributed by atoms with Crippen molar-refractivity contribution < 1.29 is 5.11 Å². The molecule has 17 heavy (non-hydrogen) atoms. The van der Waals surface area contributed by atoms with Crippen LogP contribution in [0.4, 0.5) is 0 Å². The Morgan fingerprint density at radius 1 is 1.18 bits per heavy atom. The van der Waals surface area contributed by atoms with Gasteiger partial charge in [-0.2, -0.15) is 0 Å². The molecule has 94 valence electrons. The predicted molar refractivity (Wildman–Crippen MR) is 74.2 cm³/mol. The summed E-state index contributed by atoms with van der Waals surface area (Å²) in [5.74, 6) is 0.238.